The van der Waals surface area contributed by atoms with Crippen LogP contribution in [0.25, 0.3) is 0 Å². The van der Waals surface area contributed by atoms with E-state index in [0.29, 0.717) is 22.0 Å². The zero-order valence-electron chi connectivity index (χ0n) is 15.6. The fraction of sp³-hybridized carbons (Fsp3) is 0.263. The van der Waals surface area contributed by atoms with Gasteiger partial charge >= 0.3 is 5.97 Å². The van der Waals surface area contributed by atoms with Crippen molar-refractivity contribution in [3.05, 3.63) is 58.1 Å². The van der Waals surface area contributed by atoms with Gasteiger partial charge < -0.3 is 14.8 Å². The van der Waals surface area contributed by atoms with Crippen LogP contribution in [0.5, 0.6) is 5.75 Å². The van der Waals surface area contributed by atoms with Gasteiger partial charge in [0.15, 0.2) is 16.4 Å². The summed E-state index contributed by atoms with van der Waals surface area (Å²) in [6, 6.07) is 9.28. The molecule has 0 unspecified atom stereocenters. The molecule has 0 bridgehead atoms. The molecule has 7 nitrogen and oxygen atoms in total. The van der Waals surface area contributed by atoms with Gasteiger partial charge in [0.25, 0.3) is 5.91 Å². The van der Waals surface area contributed by atoms with Crippen molar-refractivity contribution in [2.24, 2.45) is 0 Å². The zero-order chi connectivity index (χ0) is 20.9. The van der Waals surface area contributed by atoms with Crippen LogP contribution in [0.4, 0.5) is 5.69 Å². The minimum atomic E-state index is -3.23. The number of amides is 1. The Labute approximate surface area is 168 Å². The van der Waals surface area contributed by atoms with Gasteiger partial charge in [-0.15, -0.1) is 0 Å². The molecule has 0 fully saturated rings. The fourth-order valence-electron chi connectivity index (χ4n) is 2.42. The molecule has 150 valence electrons. The van der Waals surface area contributed by atoms with Gasteiger partial charge in [-0.25, -0.2) is 13.2 Å². The lowest BCUT2D eigenvalue weighted by Gasteiger charge is -2.12. The number of halogens is 1. The van der Waals surface area contributed by atoms with Crippen LogP contribution in [0.1, 0.15) is 21.5 Å². The van der Waals surface area contributed by atoms with Crippen molar-refractivity contribution in [2.75, 3.05) is 25.3 Å². The first-order chi connectivity index (χ1) is 13.1. The van der Waals surface area contributed by atoms with Crippen LogP contribution >= 0.6 is 11.6 Å². The van der Waals surface area contributed by atoms with Crippen LogP contribution in [-0.2, 0) is 25.1 Å². The molecule has 0 radical (unpaired) electrons. The number of hydrogen-bond acceptors (Lipinski definition) is 6. The molecule has 0 aliphatic heterocycles. The van der Waals surface area contributed by atoms with Gasteiger partial charge in [0.2, 0.25) is 0 Å². The molecule has 0 aliphatic rings. The van der Waals surface area contributed by atoms with Crippen molar-refractivity contribution in [3.63, 3.8) is 0 Å². The lowest BCUT2D eigenvalue weighted by Crippen LogP contribution is -2.21. The van der Waals surface area contributed by atoms with E-state index >= 15 is 0 Å². The highest BCUT2D eigenvalue weighted by molar-refractivity contribution is 7.89. The second kappa shape index (κ2) is 9.07. The van der Waals surface area contributed by atoms with Crippen molar-refractivity contribution in [2.45, 2.75) is 12.7 Å². The normalized spacial score (nSPS) is 11.0. The number of carbonyl (C=O) groups is 2. The number of benzene rings is 2. The van der Waals surface area contributed by atoms with Crippen molar-refractivity contribution < 1.29 is 27.5 Å². The molecule has 2 aromatic rings. The zero-order valence-corrected chi connectivity index (χ0v) is 17.2. The maximum Gasteiger partial charge on any atom is 0.338 e. The third-order valence-electron chi connectivity index (χ3n) is 3.68. The molecular formula is C19H20ClNO6S. The molecule has 2 rings (SSSR count). The summed E-state index contributed by atoms with van der Waals surface area (Å²) in [7, 11) is -1.79. The molecule has 0 spiro atoms. The average molecular weight is 426 g/mol. The van der Waals surface area contributed by atoms with Crippen LogP contribution in [-0.4, -0.2) is 40.3 Å². The number of carbonyl (C=O) groups excluding carboxylic acids is 2. The van der Waals surface area contributed by atoms with Gasteiger partial charge in [0.1, 0.15) is 5.75 Å². The smallest absolute Gasteiger partial charge is 0.338 e. The second-order valence-electron chi connectivity index (χ2n) is 6.20. The van der Waals surface area contributed by atoms with E-state index in [1.54, 1.807) is 31.2 Å². The van der Waals surface area contributed by atoms with Crippen molar-refractivity contribution in [3.8, 4) is 5.75 Å². The van der Waals surface area contributed by atoms with Crippen LogP contribution in [0.15, 0.2) is 36.4 Å². The maximum absolute atomic E-state index is 12.1. The molecule has 2 aromatic carbocycles. The van der Waals surface area contributed by atoms with Gasteiger partial charge in [-0.1, -0.05) is 23.7 Å². The monoisotopic (exact) mass is 425 g/mol. The number of methoxy groups -OCH3 is 1. The van der Waals surface area contributed by atoms with Crippen molar-refractivity contribution in [1.82, 2.24) is 0 Å². The molecule has 0 saturated heterocycles. The summed E-state index contributed by atoms with van der Waals surface area (Å²) in [6.07, 6.45) is 1.11. The number of ether oxygens (including phenoxy) is 2. The topological polar surface area (TPSA) is 98.8 Å². The van der Waals surface area contributed by atoms with Gasteiger partial charge in [-0.3, -0.25) is 4.79 Å². The maximum atomic E-state index is 12.1. The predicted octanol–water partition coefficient (Wildman–Crippen LogP) is 3.00. The first-order valence-corrected chi connectivity index (χ1v) is 10.6. The summed E-state index contributed by atoms with van der Waals surface area (Å²) in [4.78, 5) is 24.3. The summed E-state index contributed by atoms with van der Waals surface area (Å²) in [5.41, 5.74) is 1.77. The van der Waals surface area contributed by atoms with E-state index < -0.39 is 28.3 Å². The lowest BCUT2D eigenvalue weighted by atomic mass is 10.1. The molecule has 9 heteroatoms. The third-order valence-corrected chi connectivity index (χ3v) is 4.95. The Kier molecular flexibility index (Phi) is 7.04. The summed E-state index contributed by atoms with van der Waals surface area (Å²) < 4.78 is 32.9. The van der Waals surface area contributed by atoms with E-state index in [9.17, 15) is 18.0 Å². The van der Waals surface area contributed by atoms with Gasteiger partial charge in [-0.2, -0.15) is 0 Å². The summed E-state index contributed by atoms with van der Waals surface area (Å²) in [5, 5.41) is 3.10. The largest absolute Gasteiger partial charge is 0.495 e. The Morgan fingerprint density at radius 1 is 1.18 bits per heavy atom. The summed E-state index contributed by atoms with van der Waals surface area (Å²) >= 11 is 6.02. The van der Waals surface area contributed by atoms with E-state index in [2.05, 4.69) is 5.32 Å². The number of rotatable bonds is 7. The van der Waals surface area contributed by atoms with E-state index in [4.69, 9.17) is 21.1 Å². The molecule has 0 atom stereocenters. The molecule has 1 amide bonds. The fourth-order valence-corrected chi connectivity index (χ4v) is 3.36. The van der Waals surface area contributed by atoms with Crippen LogP contribution in [0.3, 0.4) is 0 Å². The van der Waals surface area contributed by atoms with Gasteiger partial charge in [-0.05, 0) is 36.2 Å². The lowest BCUT2D eigenvalue weighted by molar-refractivity contribution is -0.119. The Bertz CT molecular complexity index is 1000. The molecule has 1 N–H and O–H groups in total. The standard InChI is InChI=1S/C19H20ClNO6S/c1-12-7-16(17(26-2)9-15(12)20)21-18(22)10-27-19(23)14-6-4-5-13(8-14)11-28(3,24)25/h4-9H,10-11H2,1-3H3,(H,21,22). The van der Waals surface area contributed by atoms with Crippen molar-refractivity contribution >= 4 is 39.0 Å². The SMILES string of the molecule is COc1cc(Cl)c(C)cc1NC(=O)COC(=O)c1cccc(CS(C)(=O)=O)c1. The second-order valence-corrected chi connectivity index (χ2v) is 8.74. The first kappa shape index (κ1) is 21.7. The third kappa shape index (κ3) is 6.24. The molecule has 28 heavy (non-hydrogen) atoms. The van der Waals surface area contributed by atoms with Crippen LogP contribution in [0.2, 0.25) is 5.02 Å². The number of aryl methyl sites for hydroxylation is 1. The number of anilines is 1. The molecule has 0 aromatic heterocycles. The van der Waals surface area contributed by atoms with Crippen LogP contribution in [0, 0.1) is 6.92 Å². The molecule has 0 saturated carbocycles. The Morgan fingerprint density at radius 3 is 2.54 bits per heavy atom. The highest BCUT2D eigenvalue weighted by Gasteiger charge is 2.14. The Morgan fingerprint density at radius 2 is 1.89 bits per heavy atom. The quantitative estimate of drug-likeness (QED) is 0.684. The Hall–Kier alpha value is -2.58. The van der Waals surface area contributed by atoms with Gasteiger partial charge in [0.05, 0.1) is 24.1 Å². The average Bonchev–Trinajstić information content (AvgIpc) is 2.61. The minimum Gasteiger partial charge on any atom is -0.495 e. The van der Waals surface area contributed by atoms with E-state index in [1.807, 2.05) is 0 Å². The highest BCUT2D eigenvalue weighted by atomic mass is 35.5. The van der Waals surface area contributed by atoms with E-state index in [0.717, 1.165) is 11.8 Å². The molecule has 0 aliphatic carbocycles. The Balaban J connectivity index is 2.01. The summed E-state index contributed by atoms with van der Waals surface area (Å²) in [6.45, 7) is 1.26. The van der Waals surface area contributed by atoms with Gasteiger partial charge in [0, 0.05) is 17.3 Å². The number of sulfone groups is 1. The van der Waals surface area contributed by atoms with Crippen LogP contribution < -0.4 is 10.1 Å². The summed E-state index contributed by atoms with van der Waals surface area (Å²) in [5.74, 6) is -1.10. The number of esters is 1. The minimum absolute atomic E-state index is 0.161. The van der Waals surface area contributed by atoms with E-state index in [-0.39, 0.29) is 11.3 Å². The molecular weight excluding hydrogens is 406 g/mol. The first-order valence-electron chi connectivity index (χ1n) is 8.17. The predicted molar refractivity (Wildman–Crippen MR) is 107 cm³/mol. The van der Waals surface area contributed by atoms with Crippen molar-refractivity contribution in [1.29, 1.82) is 0 Å². The van der Waals surface area contributed by atoms with E-state index in [1.165, 1.54) is 19.2 Å². The number of hydrogen-bond donors (Lipinski definition) is 1. The highest BCUT2D eigenvalue weighted by Crippen LogP contribution is 2.30. The number of nitrogens with one attached hydrogen (secondary N) is 1. The molecule has 0 heterocycles.